The molecule has 0 spiro atoms. The van der Waals surface area contributed by atoms with E-state index in [1.165, 1.54) is 29.6 Å². The molecule has 0 saturated heterocycles. The van der Waals surface area contributed by atoms with Crippen molar-refractivity contribution in [2.75, 3.05) is 12.4 Å². The summed E-state index contributed by atoms with van der Waals surface area (Å²) in [5, 5.41) is 1.84. The Balaban J connectivity index is 2.09. The van der Waals surface area contributed by atoms with Crippen molar-refractivity contribution < 1.29 is 35.9 Å². The van der Waals surface area contributed by atoms with Crippen molar-refractivity contribution in [2.24, 2.45) is 0 Å². The molecule has 1 aromatic heterocycles. The third kappa shape index (κ3) is 4.24. The van der Waals surface area contributed by atoms with Crippen LogP contribution in [0.1, 0.15) is 15.9 Å². The maximum atomic E-state index is 13.9. The minimum Gasteiger partial charge on any atom is -0.496 e. The Kier molecular flexibility index (Phi) is 5.78. The quantitative estimate of drug-likeness (QED) is 0.400. The Morgan fingerprint density at radius 3 is 2.29 bits per heavy atom. The first-order valence-electron chi connectivity index (χ1n) is 8.62. The number of hydrogen-bond acceptors (Lipinski definition) is 5. The first-order valence-corrected chi connectivity index (χ1v) is 9.44. The molecule has 1 amide bonds. The van der Waals surface area contributed by atoms with Crippen LogP contribution in [0.25, 0.3) is 10.2 Å². The second-order valence-electron chi connectivity index (χ2n) is 6.52. The van der Waals surface area contributed by atoms with Crippen molar-refractivity contribution in [3.63, 3.8) is 0 Å². The monoisotopic (exact) mass is 463 g/mol. The largest absolute Gasteiger partial charge is 0.496 e. The van der Waals surface area contributed by atoms with Crippen LogP contribution in [0, 0.1) is 6.92 Å². The van der Waals surface area contributed by atoms with Gasteiger partial charge in [-0.3, -0.25) is 4.79 Å². The van der Waals surface area contributed by atoms with Crippen LogP contribution in [0.2, 0.25) is 0 Å². The lowest BCUT2D eigenvalue weighted by Gasteiger charge is -2.38. The van der Waals surface area contributed by atoms with Crippen molar-refractivity contribution in [1.82, 2.24) is 10.3 Å². The second-order valence-corrected chi connectivity index (χ2v) is 7.55. The number of carbonyl (C=O) groups is 1. The smallest absolute Gasteiger partial charge is 0.439 e. The topological polar surface area (TPSA) is 63.2 Å². The average Bonchev–Trinajstić information content (AvgIpc) is 3.06. The van der Waals surface area contributed by atoms with Gasteiger partial charge in [0.15, 0.2) is 5.13 Å². The summed E-state index contributed by atoms with van der Waals surface area (Å²) >= 11 is 0.603. The molecule has 1 heterocycles. The highest BCUT2D eigenvalue weighted by molar-refractivity contribution is 7.22. The van der Waals surface area contributed by atoms with E-state index in [-0.39, 0.29) is 11.3 Å². The van der Waals surface area contributed by atoms with Crippen LogP contribution in [0.5, 0.6) is 5.75 Å². The molecule has 0 aliphatic carbocycles. The van der Waals surface area contributed by atoms with E-state index >= 15 is 0 Å². The number of nitrogens with zero attached hydrogens (tertiary/aromatic N) is 1. The van der Waals surface area contributed by atoms with Crippen LogP contribution < -0.4 is 15.4 Å². The number of benzene rings is 2. The van der Waals surface area contributed by atoms with E-state index in [0.29, 0.717) is 16.0 Å². The normalized spacial score (nSPS) is 12.6. The molecule has 2 aromatic carbocycles. The highest BCUT2D eigenvalue weighted by Gasteiger charge is 2.73. The molecule has 166 valence electrons. The molecule has 12 heteroatoms. The molecule has 5 nitrogen and oxygen atoms in total. The number of fused-ring (bicyclic) bond motifs is 1. The minimum absolute atomic E-state index is 0.186. The molecule has 0 aliphatic heterocycles. The molecule has 3 aromatic rings. The number of carbonyl (C=O) groups excluding carboxylic acids is 1. The van der Waals surface area contributed by atoms with Crippen molar-refractivity contribution in [3.8, 4) is 5.75 Å². The Bertz CT molecular complexity index is 1100. The maximum Gasteiger partial charge on any atom is 0.439 e. The molecule has 2 N–H and O–H groups in total. The first-order chi connectivity index (χ1) is 14.4. The number of thiazole rings is 1. The SMILES string of the molecule is COc1ccccc1C(=O)NC(Nc1nc2ccc(C)cc2s1)(C(F)(F)F)C(F)(F)F. The van der Waals surface area contributed by atoms with Gasteiger partial charge in [0, 0.05) is 0 Å². The predicted octanol–water partition coefficient (Wildman–Crippen LogP) is 5.28. The number of nitrogens with one attached hydrogen (secondary N) is 2. The minimum atomic E-state index is -5.96. The van der Waals surface area contributed by atoms with Crippen molar-refractivity contribution in [1.29, 1.82) is 0 Å². The lowest BCUT2D eigenvalue weighted by atomic mass is 10.1. The number of methoxy groups -OCH3 is 1. The summed E-state index contributed by atoms with van der Waals surface area (Å²) in [6, 6.07) is 9.65. The Hall–Kier alpha value is -3.02. The van der Waals surface area contributed by atoms with Gasteiger partial charge in [-0.05, 0) is 36.8 Å². The van der Waals surface area contributed by atoms with Gasteiger partial charge in [0.25, 0.3) is 5.91 Å². The number of para-hydroxylation sites is 1. The standard InChI is InChI=1S/C19H15F6N3O2S/c1-10-7-8-12-14(9-10)31-16(26-12)28-17(18(20,21)22,19(23,24)25)27-15(29)11-5-3-4-6-13(11)30-2/h3-9H,1-2H3,(H,26,28)(H,27,29). The summed E-state index contributed by atoms with van der Waals surface area (Å²) in [7, 11) is 1.13. The number of halogens is 6. The van der Waals surface area contributed by atoms with E-state index in [0.717, 1.165) is 24.1 Å². The fourth-order valence-electron chi connectivity index (χ4n) is 2.79. The number of ether oxygens (including phenoxy) is 1. The highest BCUT2D eigenvalue weighted by atomic mass is 32.1. The van der Waals surface area contributed by atoms with Crippen LogP contribution in [-0.2, 0) is 0 Å². The summed E-state index contributed by atoms with van der Waals surface area (Å²) in [4.78, 5) is 16.3. The van der Waals surface area contributed by atoms with Gasteiger partial charge in [0.05, 0.1) is 22.9 Å². The second kappa shape index (κ2) is 7.91. The summed E-state index contributed by atoms with van der Waals surface area (Å²) in [5.74, 6) is -1.81. The number of aryl methyl sites for hydroxylation is 1. The third-order valence-corrected chi connectivity index (χ3v) is 5.28. The lowest BCUT2D eigenvalue weighted by Crippen LogP contribution is -2.72. The summed E-state index contributed by atoms with van der Waals surface area (Å²) in [6.45, 7) is 1.72. The van der Waals surface area contributed by atoms with Crippen molar-refractivity contribution in [2.45, 2.75) is 24.9 Å². The molecular formula is C19H15F6N3O2S. The highest BCUT2D eigenvalue weighted by Crippen LogP contribution is 2.45. The number of aromatic nitrogens is 1. The average molecular weight is 463 g/mol. The van der Waals surface area contributed by atoms with E-state index in [2.05, 4.69) is 4.98 Å². The van der Waals surface area contributed by atoms with E-state index in [1.807, 2.05) is 0 Å². The summed E-state index contributed by atoms with van der Waals surface area (Å²) in [5.41, 5.74) is -4.32. The zero-order chi connectivity index (χ0) is 23.0. The maximum absolute atomic E-state index is 13.9. The van der Waals surface area contributed by atoms with E-state index in [4.69, 9.17) is 4.74 Å². The molecular weight excluding hydrogens is 448 g/mol. The first kappa shape index (κ1) is 22.7. The Morgan fingerprint density at radius 2 is 1.68 bits per heavy atom. The predicted molar refractivity (Wildman–Crippen MR) is 103 cm³/mol. The van der Waals surface area contributed by atoms with Crippen LogP contribution in [0.4, 0.5) is 31.5 Å². The molecule has 0 aliphatic rings. The van der Waals surface area contributed by atoms with Crippen LogP contribution in [0.3, 0.4) is 0 Å². The molecule has 0 unspecified atom stereocenters. The van der Waals surface area contributed by atoms with Gasteiger partial charge < -0.3 is 15.4 Å². The van der Waals surface area contributed by atoms with Crippen LogP contribution in [0.15, 0.2) is 42.5 Å². The molecule has 0 atom stereocenters. The number of anilines is 1. The summed E-state index contributed by atoms with van der Waals surface area (Å²) in [6.07, 6.45) is -11.9. The number of rotatable bonds is 5. The van der Waals surface area contributed by atoms with Crippen molar-refractivity contribution in [3.05, 3.63) is 53.6 Å². The molecule has 0 saturated carbocycles. The van der Waals surface area contributed by atoms with Crippen molar-refractivity contribution >= 4 is 32.6 Å². The molecule has 0 radical (unpaired) electrons. The van der Waals surface area contributed by atoms with Gasteiger partial charge in [-0.2, -0.15) is 26.3 Å². The van der Waals surface area contributed by atoms with Gasteiger partial charge in [-0.25, -0.2) is 4.98 Å². The lowest BCUT2D eigenvalue weighted by molar-refractivity contribution is -0.294. The summed E-state index contributed by atoms with van der Waals surface area (Å²) < 4.78 is 88.6. The zero-order valence-electron chi connectivity index (χ0n) is 16.0. The van der Waals surface area contributed by atoms with Gasteiger partial charge in [0.2, 0.25) is 0 Å². The van der Waals surface area contributed by atoms with Gasteiger partial charge in [-0.1, -0.05) is 29.5 Å². The number of hydrogen-bond donors (Lipinski definition) is 2. The fraction of sp³-hybridized carbons (Fsp3) is 0.263. The number of amides is 1. The molecule has 3 rings (SSSR count). The van der Waals surface area contributed by atoms with Crippen LogP contribution >= 0.6 is 11.3 Å². The number of alkyl halides is 6. The van der Waals surface area contributed by atoms with E-state index < -0.39 is 34.6 Å². The van der Waals surface area contributed by atoms with E-state index in [9.17, 15) is 31.1 Å². The molecule has 31 heavy (non-hydrogen) atoms. The van der Waals surface area contributed by atoms with E-state index in [1.54, 1.807) is 19.1 Å². The fourth-order valence-corrected chi connectivity index (χ4v) is 3.81. The van der Waals surface area contributed by atoms with Gasteiger partial charge in [0.1, 0.15) is 5.75 Å². The zero-order valence-corrected chi connectivity index (χ0v) is 16.8. The Morgan fingerprint density at radius 1 is 1.03 bits per heavy atom. The Labute approximate surface area is 176 Å². The van der Waals surface area contributed by atoms with Gasteiger partial charge in [-0.15, -0.1) is 0 Å². The van der Waals surface area contributed by atoms with Gasteiger partial charge >= 0.3 is 18.0 Å². The molecule has 0 fully saturated rings. The molecule has 0 bridgehead atoms. The van der Waals surface area contributed by atoms with Crippen LogP contribution in [-0.4, -0.2) is 36.0 Å². The third-order valence-electron chi connectivity index (χ3n) is 4.34.